The molecule has 0 bridgehead atoms. The van der Waals surface area contributed by atoms with E-state index in [1.54, 1.807) is 0 Å². The molecular weight excluding hydrogens is 376 g/mol. The zero-order chi connectivity index (χ0) is 22.5. The third-order valence-electron chi connectivity index (χ3n) is 6.00. The lowest BCUT2D eigenvalue weighted by Gasteiger charge is -2.17. The Bertz CT molecular complexity index is 404. The third kappa shape index (κ3) is 18.9. The number of ether oxygens (including phenoxy) is 2. The van der Waals surface area contributed by atoms with E-state index < -0.39 is 0 Å². The molecule has 0 radical (unpaired) electrons. The zero-order valence-electron chi connectivity index (χ0n) is 20.5. The molecule has 0 heterocycles. The second-order valence-electron chi connectivity index (χ2n) is 8.81. The number of rotatable bonds is 21. The minimum Gasteiger partial charge on any atom is -0.465 e. The minimum absolute atomic E-state index is 0.0288. The SMILES string of the molecule is CCCCCCC(CCCCCCCCCCC(=O)OCC(CC)CC)OC(C)=O. The van der Waals surface area contributed by atoms with Gasteiger partial charge in [-0.1, -0.05) is 91.4 Å². The summed E-state index contributed by atoms with van der Waals surface area (Å²) in [5.74, 6) is 0.341. The van der Waals surface area contributed by atoms with E-state index in [4.69, 9.17) is 9.47 Å². The molecule has 0 N–H and O–H groups in total. The number of hydrogen-bond donors (Lipinski definition) is 0. The summed E-state index contributed by atoms with van der Waals surface area (Å²) in [7, 11) is 0. The summed E-state index contributed by atoms with van der Waals surface area (Å²) in [6, 6.07) is 0. The van der Waals surface area contributed by atoms with E-state index in [1.165, 1.54) is 58.3 Å². The maximum atomic E-state index is 11.8. The summed E-state index contributed by atoms with van der Waals surface area (Å²) < 4.78 is 10.9. The van der Waals surface area contributed by atoms with Crippen LogP contribution in [0.15, 0.2) is 0 Å². The van der Waals surface area contributed by atoms with E-state index in [1.807, 2.05) is 0 Å². The van der Waals surface area contributed by atoms with Gasteiger partial charge in [-0.2, -0.15) is 0 Å². The van der Waals surface area contributed by atoms with Gasteiger partial charge in [-0.05, 0) is 38.0 Å². The van der Waals surface area contributed by atoms with Crippen molar-refractivity contribution in [2.24, 2.45) is 5.92 Å². The van der Waals surface area contributed by atoms with Gasteiger partial charge in [0.2, 0.25) is 0 Å². The van der Waals surface area contributed by atoms with Gasteiger partial charge in [0.1, 0.15) is 6.10 Å². The molecule has 0 aliphatic carbocycles. The van der Waals surface area contributed by atoms with E-state index in [9.17, 15) is 9.59 Å². The molecule has 4 heteroatoms. The Kier molecular flexibility index (Phi) is 20.4. The van der Waals surface area contributed by atoms with Crippen molar-refractivity contribution in [2.75, 3.05) is 6.61 Å². The highest BCUT2D eigenvalue weighted by Crippen LogP contribution is 2.17. The van der Waals surface area contributed by atoms with Crippen LogP contribution >= 0.6 is 0 Å². The molecule has 0 aliphatic rings. The van der Waals surface area contributed by atoms with Crippen molar-refractivity contribution in [1.82, 2.24) is 0 Å². The Hall–Kier alpha value is -1.06. The molecule has 0 aromatic rings. The van der Waals surface area contributed by atoms with Crippen LogP contribution in [-0.2, 0) is 19.1 Å². The van der Waals surface area contributed by atoms with Crippen LogP contribution in [0, 0.1) is 5.92 Å². The fraction of sp³-hybridized carbons (Fsp3) is 0.923. The lowest BCUT2D eigenvalue weighted by Crippen LogP contribution is -2.16. The molecule has 0 aromatic carbocycles. The summed E-state index contributed by atoms with van der Waals surface area (Å²) in [5, 5.41) is 0. The topological polar surface area (TPSA) is 52.6 Å². The summed E-state index contributed by atoms with van der Waals surface area (Å²) in [5.41, 5.74) is 0. The Morgan fingerprint density at radius 1 is 0.700 bits per heavy atom. The molecule has 178 valence electrons. The van der Waals surface area contributed by atoms with Crippen molar-refractivity contribution in [3.05, 3.63) is 0 Å². The number of hydrogen-bond acceptors (Lipinski definition) is 4. The van der Waals surface area contributed by atoms with Crippen LogP contribution in [0.5, 0.6) is 0 Å². The summed E-state index contributed by atoms with van der Waals surface area (Å²) in [6.07, 6.45) is 19.1. The average Bonchev–Trinajstić information content (AvgIpc) is 2.72. The van der Waals surface area contributed by atoms with Gasteiger partial charge in [-0.25, -0.2) is 0 Å². The van der Waals surface area contributed by atoms with Crippen molar-refractivity contribution in [2.45, 2.75) is 143 Å². The maximum absolute atomic E-state index is 11.8. The second kappa shape index (κ2) is 21.2. The van der Waals surface area contributed by atoms with Gasteiger partial charge in [0.05, 0.1) is 6.61 Å². The van der Waals surface area contributed by atoms with Gasteiger partial charge in [0.15, 0.2) is 0 Å². The highest BCUT2D eigenvalue weighted by atomic mass is 16.5. The molecule has 4 nitrogen and oxygen atoms in total. The normalized spacial score (nSPS) is 12.2. The molecule has 0 spiro atoms. The molecule has 0 saturated heterocycles. The predicted octanol–water partition coefficient (Wildman–Crippen LogP) is 7.77. The van der Waals surface area contributed by atoms with Gasteiger partial charge in [0.25, 0.3) is 0 Å². The van der Waals surface area contributed by atoms with Crippen molar-refractivity contribution in [3.8, 4) is 0 Å². The molecule has 0 amide bonds. The Morgan fingerprint density at radius 3 is 1.70 bits per heavy atom. The first kappa shape index (κ1) is 28.9. The molecule has 1 atom stereocenters. The van der Waals surface area contributed by atoms with Crippen LogP contribution in [0.4, 0.5) is 0 Å². The van der Waals surface area contributed by atoms with Crippen molar-refractivity contribution >= 4 is 11.9 Å². The summed E-state index contributed by atoms with van der Waals surface area (Å²) >= 11 is 0. The first-order valence-electron chi connectivity index (χ1n) is 12.9. The molecule has 0 saturated carbocycles. The first-order chi connectivity index (χ1) is 14.5. The van der Waals surface area contributed by atoms with E-state index in [0.717, 1.165) is 51.4 Å². The molecule has 1 unspecified atom stereocenters. The predicted molar refractivity (Wildman–Crippen MR) is 126 cm³/mol. The lowest BCUT2D eigenvalue weighted by atomic mass is 10.0. The molecule has 30 heavy (non-hydrogen) atoms. The van der Waals surface area contributed by atoms with Gasteiger partial charge in [-0.3, -0.25) is 9.59 Å². The molecular formula is C26H50O4. The van der Waals surface area contributed by atoms with Gasteiger partial charge in [-0.15, -0.1) is 0 Å². The second-order valence-corrected chi connectivity index (χ2v) is 8.81. The van der Waals surface area contributed by atoms with E-state index >= 15 is 0 Å². The Balaban J connectivity index is 3.57. The zero-order valence-corrected chi connectivity index (χ0v) is 20.5. The molecule has 0 rings (SSSR count). The quantitative estimate of drug-likeness (QED) is 0.139. The fourth-order valence-corrected chi connectivity index (χ4v) is 3.81. The third-order valence-corrected chi connectivity index (χ3v) is 6.00. The Morgan fingerprint density at radius 2 is 1.20 bits per heavy atom. The van der Waals surface area contributed by atoms with E-state index in [2.05, 4.69) is 20.8 Å². The van der Waals surface area contributed by atoms with Crippen molar-refractivity contribution in [1.29, 1.82) is 0 Å². The van der Waals surface area contributed by atoms with Crippen LogP contribution in [0.3, 0.4) is 0 Å². The maximum Gasteiger partial charge on any atom is 0.305 e. The first-order valence-corrected chi connectivity index (χ1v) is 12.9. The minimum atomic E-state index is -0.144. The average molecular weight is 427 g/mol. The standard InChI is InChI=1S/C26H50O4/c1-5-8-9-16-19-25(30-23(4)27)20-17-14-12-10-11-13-15-18-21-26(28)29-22-24(6-2)7-3/h24-25H,5-22H2,1-4H3. The van der Waals surface area contributed by atoms with Crippen molar-refractivity contribution < 1.29 is 19.1 Å². The fourth-order valence-electron chi connectivity index (χ4n) is 3.81. The number of carbonyl (C=O) groups excluding carboxylic acids is 2. The smallest absolute Gasteiger partial charge is 0.305 e. The van der Waals surface area contributed by atoms with Crippen molar-refractivity contribution in [3.63, 3.8) is 0 Å². The Labute approximate surface area is 186 Å². The summed E-state index contributed by atoms with van der Waals surface area (Å²) in [4.78, 5) is 23.0. The van der Waals surface area contributed by atoms with Gasteiger partial charge in [0, 0.05) is 13.3 Å². The van der Waals surface area contributed by atoms with Gasteiger partial charge < -0.3 is 9.47 Å². The largest absolute Gasteiger partial charge is 0.465 e. The molecule has 0 aromatic heterocycles. The van der Waals surface area contributed by atoms with Crippen LogP contribution in [0.1, 0.15) is 137 Å². The number of esters is 2. The highest BCUT2D eigenvalue weighted by Gasteiger charge is 2.11. The van der Waals surface area contributed by atoms with Crippen LogP contribution in [0.25, 0.3) is 0 Å². The molecule has 0 fully saturated rings. The number of carbonyl (C=O) groups is 2. The van der Waals surface area contributed by atoms with Crippen LogP contribution in [-0.4, -0.2) is 24.6 Å². The van der Waals surface area contributed by atoms with Crippen LogP contribution < -0.4 is 0 Å². The van der Waals surface area contributed by atoms with Crippen LogP contribution in [0.2, 0.25) is 0 Å². The molecule has 0 aliphatic heterocycles. The summed E-state index contributed by atoms with van der Waals surface area (Å²) in [6.45, 7) is 8.62. The van der Waals surface area contributed by atoms with E-state index in [-0.39, 0.29) is 18.0 Å². The monoisotopic (exact) mass is 426 g/mol. The lowest BCUT2D eigenvalue weighted by molar-refractivity contribution is -0.147. The van der Waals surface area contributed by atoms with E-state index in [0.29, 0.717) is 18.9 Å². The number of unbranched alkanes of at least 4 members (excludes halogenated alkanes) is 10. The van der Waals surface area contributed by atoms with Gasteiger partial charge >= 0.3 is 11.9 Å². The highest BCUT2D eigenvalue weighted by molar-refractivity contribution is 5.69.